The number of hydrazone groups is 1. The van der Waals surface area contributed by atoms with Gasteiger partial charge in [-0.05, 0) is 70.3 Å². The second kappa shape index (κ2) is 17.7. The molecule has 0 amide bonds. The van der Waals surface area contributed by atoms with E-state index in [0.717, 1.165) is 75.3 Å². The van der Waals surface area contributed by atoms with Gasteiger partial charge < -0.3 is 10.6 Å². The van der Waals surface area contributed by atoms with Gasteiger partial charge >= 0.3 is 0 Å². The summed E-state index contributed by atoms with van der Waals surface area (Å²) >= 11 is 0. The van der Waals surface area contributed by atoms with E-state index in [1.165, 1.54) is 0 Å². The Morgan fingerprint density at radius 1 is 1.24 bits per heavy atom. The molecule has 0 aromatic rings. The minimum Gasteiger partial charge on any atom is -0.330 e. The zero-order chi connectivity index (χ0) is 24.3. The van der Waals surface area contributed by atoms with Crippen molar-refractivity contribution in [1.82, 2.24) is 9.91 Å². The van der Waals surface area contributed by atoms with Gasteiger partial charge in [-0.1, -0.05) is 50.3 Å². The van der Waals surface area contributed by atoms with Crippen LogP contribution < -0.4 is 5.73 Å². The molecular weight excluding hydrogens is 408 g/mol. The van der Waals surface area contributed by atoms with Crippen molar-refractivity contribution < 1.29 is 0 Å². The van der Waals surface area contributed by atoms with Crippen molar-refractivity contribution in [2.24, 2.45) is 20.8 Å². The lowest BCUT2D eigenvalue weighted by Crippen LogP contribution is -2.28. The molecule has 0 radical (unpaired) electrons. The average Bonchev–Trinajstić information content (AvgIpc) is 2.83. The van der Waals surface area contributed by atoms with Gasteiger partial charge in [0.15, 0.2) is 11.6 Å². The maximum Gasteiger partial charge on any atom is 0.164 e. The van der Waals surface area contributed by atoms with Crippen LogP contribution in [0.15, 0.2) is 87.0 Å². The normalized spacial score (nSPS) is 16.5. The summed E-state index contributed by atoms with van der Waals surface area (Å²) in [6, 6.07) is 0. The van der Waals surface area contributed by atoms with Crippen LogP contribution in [0.25, 0.3) is 0 Å². The molecule has 0 fully saturated rings. The molecule has 0 saturated carbocycles. The molecule has 0 aromatic carbocycles. The summed E-state index contributed by atoms with van der Waals surface area (Å²) in [4.78, 5) is 11.8. The van der Waals surface area contributed by atoms with Crippen LogP contribution in [0.3, 0.4) is 0 Å². The molecule has 2 N–H and O–H groups in total. The van der Waals surface area contributed by atoms with Gasteiger partial charge in [-0.15, -0.1) is 6.58 Å². The van der Waals surface area contributed by atoms with Gasteiger partial charge in [0.25, 0.3) is 0 Å². The molecule has 33 heavy (non-hydrogen) atoms. The highest BCUT2D eigenvalue weighted by molar-refractivity contribution is 5.88. The molecule has 180 valence electrons. The molecule has 0 aromatic heterocycles. The third kappa shape index (κ3) is 10.6. The van der Waals surface area contributed by atoms with Gasteiger partial charge in [-0.2, -0.15) is 10.1 Å². The van der Waals surface area contributed by atoms with E-state index in [4.69, 9.17) is 10.7 Å². The summed E-state index contributed by atoms with van der Waals surface area (Å²) in [6.07, 6.45) is 22.8. The molecule has 0 aliphatic carbocycles. The Labute approximate surface area is 201 Å². The van der Waals surface area contributed by atoms with Crippen molar-refractivity contribution in [2.45, 2.75) is 52.9 Å². The first-order valence-corrected chi connectivity index (χ1v) is 12.0. The van der Waals surface area contributed by atoms with Crippen molar-refractivity contribution in [2.75, 3.05) is 26.2 Å². The van der Waals surface area contributed by atoms with Gasteiger partial charge in [0, 0.05) is 31.3 Å². The number of aliphatic imine (C=N–C) groups is 2. The van der Waals surface area contributed by atoms with Gasteiger partial charge in [0.1, 0.15) is 0 Å². The third-order valence-corrected chi connectivity index (χ3v) is 4.95. The van der Waals surface area contributed by atoms with Gasteiger partial charge in [-0.3, -0.25) is 0 Å². The van der Waals surface area contributed by atoms with Crippen molar-refractivity contribution >= 4 is 19.1 Å². The quantitative estimate of drug-likeness (QED) is 0.189. The van der Waals surface area contributed by atoms with E-state index < -0.39 is 0 Å². The van der Waals surface area contributed by atoms with E-state index in [0.29, 0.717) is 5.82 Å². The second-order valence-corrected chi connectivity index (χ2v) is 7.61. The summed E-state index contributed by atoms with van der Waals surface area (Å²) in [6.45, 7) is 17.8. The van der Waals surface area contributed by atoms with Crippen molar-refractivity contribution in [3.05, 3.63) is 71.9 Å². The van der Waals surface area contributed by atoms with E-state index in [2.05, 4.69) is 60.4 Å². The van der Waals surface area contributed by atoms with Crippen LogP contribution in [-0.2, 0) is 0 Å². The largest absolute Gasteiger partial charge is 0.330 e. The zero-order valence-corrected chi connectivity index (χ0v) is 20.8. The zero-order valence-electron chi connectivity index (χ0n) is 20.8. The lowest BCUT2D eigenvalue weighted by atomic mass is 10.2. The van der Waals surface area contributed by atoms with Crippen molar-refractivity contribution in [3.8, 4) is 0 Å². The Balaban J connectivity index is 2.99. The van der Waals surface area contributed by atoms with Crippen LogP contribution in [0, 0.1) is 0 Å². The monoisotopic (exact) mass is 450 g/mol. The fourth-order valence-electron chi connectivity index (χ4n) is 3.27. The Morgan fingerprint density at radius 2 is 2.06 bits per heavy atom. The van der Waals surface area contributed by atoms with E-state index in [-0.39, 0.29) is 0 Å². The molecule has 0 bridgehead atoms. The molecule has 1 aliphatic heterocycles. The third-order valence-electron chi connectivity index (χ3n) is 4.95. The predicted octanol–water partition coefficient (Wildman–Crippen LogP) is 5.61. The Morgan fingerprint density at radius 3 is 2.70 bits per heavy atom. The van der Waals surface area contributed by atoms with Crippen LogP contribution in [0.1, 0.15) is 52.9 Å². The molecule has 6 heteroatoms. The van der Waals surface area contributed by atoms with E-state index in [9.17, 15) is 0 Å². The summed E-state index contributed by atoms with van der Waals surface area (Å²) in [5.41, 5.74) is 7.58. The highest BCUT2D eigenvalue weighted by Crippen LogP contribution is 2.24. The van der Waals surface area contributed by atoms with E-state index >= 15 is 0 Å². The average molecular weight is 451 g/mol. The van der Waals surface area contributed by atoms with Crippen LogP contribution in [0.5, 0.6) is 0 Å². The van der Waals surface area contributed by atoms with Crippen LogP contribution in [0.4, 0.5) is 0 Å². The molecule has 0 saturated heterocycles. The second-order valence-electron chi connectivity index (χ2n) is 7.61. The van der Waals surface area contributed by atoms with E-state index in [1.54, 1.807) is 5.01 Å². The minimum absolute atomic E-state index is 0.698. The molecule has 0 atom stereocenters. The number of hydrogen-bond acceptors (Lipinski definition) is 6. The number of nitrogens with two attached hydrogens (primary N) is 1. The molecule has 1 heterocycles. The predicted molar refractivity (Wildman–Crippen MR) is 146 cm³/mol. The SMILES string of the molecule is C=CC/C=C/C1=C(/N=C/C(/C=C\CCN(CCC)CCCN)=C/C)N(N=C)/C(=C\CC)N=C1. The number of allylic oxidation sites excluding steroid dienone is 8. The number of nitrogens with zero attached hydrogens (tertiary/aromatic N) is 5. The summed E-state index contributed by atoms with van der Waals surface area (Å²) in [7, 11) is 0. The number of rotatable bonds is 16. The van der Waals surface area contributed by atoms with Crippen LogP contribution >= 0.6 is 0 Å². The lowest BCUT2D eigenvalue weighted by Gasteiger charge is -2.23. The van der Waals surface area contributed by atoms with Crippen molar-refractivity contribution in [1.29, 1.82) is 0 Å². The lowest BCUT2D eigenvalue weighted by molar-refractivity contribution is 0.277. The fourth-order valence-corrected chi connectivity index (χ4v) is 3.27. The standard InChI is InChI=1S/C27H42N6/c1-6-10-11-17-25-23-30-26(15-7-2)33(29-5)27(25)31-22-24(9-4)16-12-13-20-32(19-8-3)21-14-18-28/h6,9,11-12,15-17,22-23H,1,5,7-8,10,13-14,18-21,28H2,2-4H3/b16-12-,17-11+,24-9+,26-15-,31-22+. The Hall–Kier alpha value is -2.83. The smallest absolute Gasteiger partial charge is 0.164 e. The molecule has 1 aliphatic rings. The fraction of sp³-hybridized carbons (Fsp3) is 0.444. The summed E-state index contributed by atoms with van der Waals surface area (Å²) in [5.74, 6) is 1.43. The summed E-state index contributed by atoms with van der Waals surface area (Å²) < 4.78 is 0. The summed E-state index contributed by atoms with van der Waals surface area (Å²) in [5, 5.41) is 5.86. The maximum atomic E-state index is 5.67. The minimum atomic E-state index is 0.698. The van der Waals surface area contributed by atoms with Gasteiger partial charge in [0.2, 0.25) is 0 Å². The maximum absolute atomic E-state index is 5.67. The highest BCUT2D eigenvalue weighted by atomic mass is 15.5. The van der Waals surface area contributed by atoms with Gasteiger partial charge in [-0.25, -0.2) is 9.98 Å². The van der Waals surface area contributed by atoms with Crippen molar-refractivity contribution in [3.63, 3.8) is 0 Å². The molecule has 1 rings (SSSR count). The Kier molecular flexibility index (Phi) is 15.1. The molecular formula is C27H42N6. The molecule has 0 spiro atoms. The van der Waals surface area contributed by atoms with Crippen LogP contribution in [-0.4, -0.2) is 55.2 Å². The molecule has 6 nitrogen and oxygen atoms in total. The first kappa shape index (κ1) is 28.2. The highest BCUT2D eigenvalue weighted by Gasteiger charge is 2.19. The first-order valence-electron chi connectivity index (χ1n) is 12.0. The Bertz CT molecular complexity index is 810. The topological polar surface area (TPSA) is 69.6 Å². The van der Waals surface area contributed by atoms with E-state index in [1.807, 2.05) is 43.7 Å². The van der Waals surface area contributed by atoms with Gasteiger partial charge in [0.05, 0.1) is 0 Å². The first-order chi connectivity index (χ1) is 16.1. The van der Waals surface area contributed by atoms with Crippen LogP contribution in [0.2, 0.25) is 0 Å². The number of hydrogen-bond donors (Lipinski definition) is 1. The molecule has 0 unspecified atom stereocenters.